The lowest BCUT2D eigenvalue weighted by atomic mass is 10.2. The molecule has 0 bridgehead atoms. The maximum atomic E-state index is 13.6. The molecule has 18 heavy (non-hydrogen) atoms. The van der Waals surface area contributed by atoms with E-state index in [4.69, 9.17) is 11.6 Å². The fourth-order valence-electron chi connectivity index (χ4n) is 1.44. The third kappa shape index (κ3) is 4.27. The van der Waals surface area contributed by atoms with Gasteiger partial charge < -0.3 is 10.2 Å². The average Bonchev–Trinajstić information content (AvgIpc) is 2.30. The Labute approximate surface area is 112 Å². The summed E-state index contributed by atoms with van der Waals surface area (Å²) in [6.07, 6.45) is 0. The maximum Gasteiger partial charge on any atom is 0.236 e. The van der Waals surface area contributed by atoms with Crippen molar-refractivity contribution in [1.29, 1.82) is 0 Å². The summed E-state index contributed by atoms with van der Waals surface area (Å²) in [7, 11) is 1.63. The van der Waals surface area contributed by atoms with Crippen LogP contribution in [0.1, 0.15) is 19.4 Å². The van der Waals surface area contributed by atoms with E-state index in [9.17, 15) is 9.18 Å². The number of hydrogen-bond donors (Lipinski definition) is 1. The van der Waals surface area contributed by atoms with Crippen LogP contribution in [0.25, 0.3) is 0 Å². The van der Waals surface area contributed by atoms with Crippen molar-refractivity contribution in [2.24, 2.45) is 0 Å². The summed E-state index contributed by atoms with van der Waals surface area (Å²) in [5.41, 5.74) is 0.347. The molecule has 0 heterocycles. The zero-order valence-corrected chi connectivity index (χ0v) is 11.6. The number of benzene rings is 1. The lowest BCUT2D eigenvalue weighted by Crippen LogP contribution is -2.37. The fourth-order valence-corrected chi connectivity index (χ4v) is 1.66. The summed E-state index contributed by atoms with van der Waals surface area (Å²) in [6, 6.07) is 4.74. The number of likely N-dealkylation sites (N-methyl/N-ethyl adjacent to an activating group) is 1. The van der Waals surface area contributed by atoms with Gasteiger partial charge in [-0.25, -0.2) is 4.39 Å². The summed E-state index contributed by atoms with van der Waals surface area (Å²) in [5.74, 6) is -0.484. The molecule has 0 aliphatic rings. The van der Waals surface area contributed by atoms with Crippen molar-refractivity contribution < 1.29 is 9.18 Å². The first kappa shape index (κ1) is 14.9. The number of carbonyl (C=O) groups excluding carboxylic acids is 1. The molecule has 1 amide bonds. The zero-order valence-electron chi connectivity index (χ0n) is 10.8. The van der Waals surface area contributed by atoms with Crippen LogP contribution in [0.2, 0.25) is 5.02 Å². The first-order valence-corrected chi connectivity index (χ1v) is 6.20. The Bertz CT molecular complexity index is 403. The second kappa shape index (κ2) is 6.71. The first-order chi connectivity index (χ1) is 8.41. The Kier molecular flexibility index (Phi) is 5.56. The van der Waals surface area contributed by atoms with Crippen molar-refractivity contribution >= 4 is 17.5 Å². The molecule has 1 aromatic carbocycles. The Hall–Kier alpha value is -1.13. The van der Waals surface area contributed by atoms with Crippen molar-refractivity contribution in [1.82, 2.24) is 10.2 Å². The van der Waals surface area contributed by atoms with E-state index in [2.05, 4.69) is 5.32 Å². The van der Waals surface area contributed by atoms with E-state index in [0.717, 1.165) is 0 Å². The molecule has 1 aromatic rings. The highest BCUT2D eigenvalue weighted by Crippen LogP contribution is 2.20. The average molecular weight is 273 g/mol. The van der Waals surface area contributed by atoms with Crippen molar-refractivity contribution in [3.8, 4) is 0 Å². The predicted octanol–water partition coefficient (Wildman–Crippen LogP) is 2.44. The van der Waals surface area contributed by atoms with Crippen molar-refractivity contribution in [2.45, 2.75) is 26.4 Å². The number of rotatable bonds is 5. The van der Waals surface area contributed by atoms with Crippen LogP contribution in [0.4, 0.5) is 4.39 Å². The van der Waals surface area contributed by atoms with E-state index >= 15 is 0 Å². The van der Waals surface area contributed by atoms with Gasteiger partial charge in [-0.05, 0) is 12.1 Å². The van der Waals surface area contributed by atoms with Gasteiger partial charge in [0.15, 0.2) is 0 Å². The summed E-state index contributed by atoms with van der Waals surface area (Å²) < 4.78 is 13.6. The molecule has 0 saturated heterocycles. The molecule has 0 fully saturated rings. The fraction of sp³-hybridized carbons (Fsp3) is 0.462. The number of amides is 1. The van der Waals surface area contributed by atoms with Crippen LogP contribution < -0.4 is 5.32 Å². The Morgan fingerprint density at radius 2 is 2.17 bits per heavy atom. The van der Waals surface area contributed by atoms with Crippen molar-refractivity contribution in [3.63, 3.8) is 0 Å². The van der Waals surface area contributed by atoms with Crippen LogP contribution in [-0.2, 0) is 11.3 Å². The molecule has 0 atom stereocenters. The highest BCUT2D eigenvalue weighted by Gasteiger charge is 2.14. The van der Waals surface area contributed by atoms with Crippen molar-refractivity contribution in [2.75, 3.05) is 13.6 Å². The largest absolute Gasteiger partial charge is 0.340 e. The van der Waals surface area contributed by atoms with Crippen LogP contribution in [-0.4, -0.2) is 30.4 Å². The van der Waals surface area contributed by atoms with E-state index in [1.165, 1.54) is 11.0 Å². The number of nitrogens with zero attached hydrogens (tertiary/aromatic N) is 1. The molecule has 5 heteroatoms. The highest BCUT2D eigenvalue weighted by molar-refractivity contribution is 6.31. The topological polar surface area (TPSA) is 32.3 Å². The van der Waals surface area contributed by atoms with Gasteiger partial charge >= 0.3 is 0 Å². The minimum Gasteiger partial charge on any atom is -0.340 e. The van der Waals surface area contributed by atoms with Gasteiger partial charge in [-0.2, -0.15) is 0 Å². The normalized spacial score (nSPS) is 10.8. The quantitative estimate of drug-likeness (QED) is 0.893. The lowest BCUT2D eigenvalue weighted by molar-refractivity contribution is -0.129. The first-order valence-electron chi connectivity index (χ1n) is 5.82. The molecule has 0 aliphatic carbocycles. The van der Waals surface area contributed by atoms with Crippen LogP contribution in [0, 0.1) is 5.82 Å². The minimum atomic E-state index is -0.390. The summed E-state index contributed by atoms with van der Waals surface area (Å²) in [5, 5.41) is 3.36. The number of halogens is 2. The molecule has 100 valence electrons. The number of carbonyl (C=O) groups is 1. The summed E-state index contributed by atoms with van der Waals surface area (Å²) >= 11 is 5.91. The second-order valence-electron chi connectivity index (χ2n) is 4.49. The molecule has 0 radical (unpaired) electrons. The number of nitrogens with one attached hydrogen (secondary N) is 1. The summed E-state index contributed by atoms with van der Waals surface area (Å²) in [4.78, 5) is 13.2. The molecule has 1 rings (SSSR count). The molecular formula is C13H18ClFN2O. The van der Waals surface area contributed by atoms with E-state index < -0.39 is 0 Å². The maximum absolute atomic E-state index is 13.6. The summed E-state index contributed by atoms with van der Waals surface area (Å²) in [6.45, 7) is 4.33. The van der Waals surface area contributed by atoms with Gasteiger partial charge in [0.1, 0.15) is 5.82 Å². The van der Waals surface area contributed by atoms with Gasteiger partial charge in [-0.3, -0.25) is 4.79 Å². The van der Waals surface area contributed by atoms with Gasteiger partial charge in [-0.1, -0.05) is 31.5 Å². The van der Waals surface area contributed by atoms with E-state index in [-0.39, 0.29) is 30.9 Å². The highest BCUT2D eigenvalue weighted by atomic mass is 35.5. The van der Waals surface area contributed by atoms with Crippen LogP contribution >= 0.6 is 11.6 Å². The third-order valence-corrected chi connectivity index (χ3v) is 2.90. The van der Waals surface area contributed by atoms with E-state index in [0.29, 0.717) is 10.6 Å². The van der Waals surface area contributed by atoms with Gasteiger partial charge in [0.2, 0.25) is 5.91 Å². The van der Waals surface area contributed by atoms with Crippen LogP contribution in [0.3, 0.4) is 0 Å². The standard InChI is InChI=1S/C13H18ClFN2O/c1-9(2)16-7-13(18)17(3)8-10-11(14)5-4-6-12(10)15/h4-6,9,16H,7-8H2,1-3H3. The zero-order chi connectivity index (χ0) is 13.7. The third-order valence-electron chi connectivity index (χ3n) is 2.54. The van der Waals surface area contributed by atoms with E-state index in [1.807, 2.05) is 13.8 Å². The van der Waals surface area contributed by atoms with Gasteiger partial charge in [0, 0.05) is 30.2 Å². The molecule has 0 spiro atoms. The van der Waals surface area contributed by atoms with Gasteiger partial charge in [-0.15, -0.1) is 0 Å². The predicted molar refractivity (Wildman–Crippen MR) is 71.0 cm³/mol. The molecule has 1 N–H and O–H groups in total. The Morgan fingerprint density at radius 1 is 1.50 bits per heavy atom. The van der Waals surface area contributed by atoms with Crippen LogP contribution in [0.5, 0.6) is 0 Å². The molecular weight excluding hydrogens is 255 g/mol. The minimum absolute atomic E-state index is 0.0944. The smallest absolute Gasteiger partial charge is 0.236 e. The SMILES string of the molecule is CC(C)NCC(=O)N(C)Cc1c(F)cccc1Cl. The second-order valence-corrected chi connectivity index (χ2v) is 4.89. The molecule has 0 unspecified atom stereocenters. The molecule has 0 aromatic heterocycles. The number of hydrogen-bond acceptors (Lipinski definition) is 2. The van der Waals surface area contributed by atoms with Crippen molar-refractivity contribution in [3.05, 3.63) is 34.6 Å². The Morgan fingerprint density at radius 3 is 2.72 bits per heavy atom. The molecule has 0 saturated carbocycles. The van der Waals surface area contributed by atoms with Gasteiger partial charge in [0.25, 0.3) is 0 Å². The molecule has 3 nitrogen and oxygen atoms in total. The Balaban J connectivity index is 2.64. The monoisotopic (exact) mass is 272 g/mol. The lowest BCUT2D eigenvalue weighted by Gasteiger charge is -2.19. The van der Waals surface area contributed by atoms with Crippen LogP contribution in [0.15, 0.2) is 18.2 Å². The molecule has 0 aliphatic heterocycles. The van der Waals surface area contributed by atoms with Gasteiger partial charge in [0.05, 0.1) is 6.54 Å². The van der Waals surface area contributed by atoms with E-state index in [1.54, 1.807) is 19.2 Å².